The maximum Gasteiger partial charge on any atom is 0.245 e. The van der Waals surface area contributed by atoms with E-state index in [1.165, 1.54) is 7.11 Å². The fraction of sp³-hybridized carbons (Fsp3) is 0.429. The van der Waals surface area contributed by atoms with Gasteiger partial charge in [0.05, 0.1) is 0 Å². The molecule has 0 aliphatic carbocycles. The van der Waals surface area contributed by atoms with Gasteiger partial charge in [0.2, 0.25) is 11.8 Å². The van der Waals surface area contributed by atoms with Gasteiger partial charge < -0.3 is 15.0 Å². The second-order valence-corrected chi connectivity index (χ2v) is 4.65. The topological polar surface area (TPSA) is 58.6 Å². The number of carbonyl (C=O) groups excluding carboxylic acids is 2. The number of benzene rings is 1. The highest BCUT2D eigenvalue weighted by Crippen LogP contribution is 2.24. The van der Waals surface area contributed by atoms with Crippen molar-refractivity contribution in [1.29, 1.82) is 0 Å². The minimum Gasteiger partial charge on any atom is -0.375 e. The van der Waals surface area contributed by atoms with Gasteiger partial charge in [-0.2, -0.15) is 0 Å². The molecule has 1 aliphatic rings. The molecule has 0 spiro atoms. The summed E-state index contributed by atoms with van der Waals surface area (Å²) < 4.78 is 4.74. The van der Waals surface area contributed by atoms with Gasteiger partial charge in [-0.25, -0.2) is 0 Å². The predicted octanol–water partition coefficient (Wildman–Crippen LogP) is 0.802. The van der Waals surface area contributed by atoms with E-state index < -0.39 is 0 Å². The van der Waals surface area contributed by atoms with Crippen LogP contribution in [0.2, 0.25) is 0 Å². The van der Waals surface area contributed by atoms with E-state index in [0.717, 1.165) is 5.69 Å². The molecule has 1 aromatic carbocycles. The van der Waals surface area contributed by atoms with Crippen LogP contribution in [0, 0.1) is 5.92 Å². The summed E-state index contributed by atoms with van der Waals surface area (Å²) in [6, 6.07) is 9.59. The van der Waals surface area contributed by atoms with Crippen molar-refractivity contribution in [3.8, 4) is 0 Å². The largest absolute Gasteiger partial charge is 0.375 e. The molecule has 1 aromatic rings. The quantitative estimate of drug-likeness (QED) is 0.854. The minimum atomic E-state index is -0.145. The van der Waals surface area contributed by atoms with E-state index in [2.05, 4.69) is 5.32 Å². The molecule has 2 rings (SSSR count). The highest BCUT2D eigenvalue weighted by molar-refractivity contribution is 5.95. The summed E-state index contributed by atoms with van der Waals surface area (Å²) in [6.45, 7) is 1.22. The van der Waals surface area contributed by atoms with E-state index in [1.807, 2.05) is 30.3 Å². The van der Waals surface area contributed by atoms with Crippen LogP contribution in [0.4, 0.5) is 5.69 Å². The zero-order valence-corrected chi connectivity index (χ0v) is 11.0. The lowest BCUT2D eigenvalue weighted by atomic mass is 10.1. The average Bonchev–Trinajstić information content (AvgIpc) is 2.79. The van der Waals surface area contributed by atoms with E-state index in [0.29, 0.717) is 19.5 Å². The van der Waals surface area contributed by atoms with Crippen molar-refractivity contribution in [2.45, 2.75) is 6.42 Å². The predicted molar refractivity (Wildman–Crippen MR) is 71.8 cm³/mol. The van der Waals surface area contributed by atoms with E-state index in [-0.39, 0.29) is 24.3 Å². The number of ether oxygens (including phenoxy) is 1. The first-order chi connectivity index (χ1) is 9.20. The second-order valence-electron chi connectivity index (χ2n) is 4.65. The summed E-state index contributed by atoms with van der Waals surface area (Å²) in [6.07, 6.45) is 0.474. The van der Waals surface area contributed by atoms with Gasteiger partial charge in [0.1, 0.15) is 6.61 Å². The summed E-state index contributed by atoms with van der Waals surface area (Å²) in [4.78, 5) is 25.0. The summed E-state index contributed by atoms with van der Waals surface area (Å²) in [7, 11) is 1.48. The summed E-state index contributed by atoms with van der Waals surface area (Å²) >= 11 is 0. The number of rotatable bonds is 5. The van der Waals surface area contributed by atoms with Crippen molar-refractivity contribution in [2.24, 2.45) is 5.92 Å². The highest BCUT2D eigenvalue weighted by atomic mass is 16.5. The van der Waals surface area contributed by atoms with Crippen molar-refractivity contribution < 1.29 is 14.3 Å². The number of hydrogen-bond acceptors (Lipinski definition) is 3. The molecule has 19 heavy (non-hydrogen) atoms. The number of nitrogens with zero attached hydrogens (tertiary/aromatic N) is 1. The Balaban J connectivity index is 1.88. The smallest absolute Gasteiger partial charge is 0.245 e. The van der Waals surface area contributed by atoms with Gasteiger partial charge in [-0.3, -0.25) is 9.59 Å². The molecule has 1 fully saturated rings. The standard InChI is InChI=1S/C14H18N2O3/c1-19-10-13(17)15-8-11-7-14(18)16(9-11)12-5-3-2-4-6-12/h2-6,11H,7-10H2,1H3,(H,15,17)/t11-/m0/s1. The molecule has 102 valence electrons. The molecule has 0 radical (unpaired) electrons. The third kappa shape index (κ3) is 3.54. The Morgan fingerprint density at radius 2 is 2.16 bits per heavy atom. The molecule has 1 heterocycles. The Kier molecular flexibility index (Phi) is 4.52. The van der Waals surface area contributed by atoms with Crippen molar-refractivity contribution in [3.05, 3.63) is 30.3 Å². The lowest BCUT2D eigenvalue weighted by Gasteiger charge is -2.16. The molecular formula is C14H18N2O3. The molecule has 2 amide bonds. The first-order valence-electron chi connectivity index (χ1n) is 6.31. The number of hydrogen-bond donors (Lipinski definition) is 1. The van der Waals surface area contributed by atoms with Crippen molar-refractivity contribution >= 4 is 17.5 Å². The van der Waals surface area contributed by atoms with Gasteiger partial charge in [-0.1, -0.05) is 18.2 Å². The zero-order chi connectivity index (χ0) is 13.7. The number of carbonyl (C=O) groups is 2. The van der Waals surface area contributed by atoms with Crippen molar-refractivity contribution in [3.63, 3.8) is 0 Å². The van der Waals surface area contributed by atoms with Crippen LogP contribution < -0.4 is 10.2 Å². The highest BCUT2D eigenvalue weighted by Gasteiger charge is 2.30. The van der Waals surface area contributed by atoms with E-state index >= 15 is 0 Å². The summed E-state index contributed by atoms with van der Waals surface area (Å²) in [5.41, 5.74) is 0.915. The summed E-state index contributed by atoms with van der Waals surface area (Å²) in [5, 5.41) is 2.78. The van der Waals surface area contributed by atoms with Gasteiger partial charge in [0.15, 0.2) is 0 Å². The average molecular weight is 262 g/mol. The third-order valence-electron chi connectivity index (χ3n) is 3.14. The fourth-order valence-corrected chi connectivity index (χ4v) is 2.22. The second kappa shape index (κ2) is 6.33. The lowest BCUT2D eigenvalue weighted by Crippen LogP contribution is -2.33. The van der Waals surface area contributed by atoms with E-state index in [4.69, 9.17) is 4.74 Å². The van der Waals surface area contributed by atoms with Crippen LogP contribution in [-0.4, -0.2) is 38.6 Å². The number of anilines is 1. The molecule has 5 nitrogen and oxygen atoms in total. The molecule has 1 aliphatic heterocycles. The summed E-state index contributed by atoms with van der Waals surface area (Å²) in [5.74, 6) is 0.124. The number of amides is 2. The number of para-hydroxylation sites is 1. The van der Waals surface area contributed by atoms with Gasteiger partial charge in [-0.05, 0) is 12.1 Å². The Morgan fingerprint density at radius 3 is 2.84 bits per heavy atom. The molecular weight excluding hydrogens is 244 g/mol. The van der Waals surface area contributed by atoms with E-state index in [1.54, 1.807) is 4.90 Å². The molecule has 0 bridgehead atoms. The molecule has 1 atom stereocenters. The van der Waals surface area contributed by atoms with Crippen LogP contribution >= 0.6 is 0 Å². The Morgan fingerprint density at radius 1 is 1.42 bits per heavy atom. The van der Waals surface area contributed by atoms with Crippen molar-refractivity contribution in [1.82, 2.24) is 5.32 Å². The molecule has 5 heteroatoms. The molecule has 1 N–H and O–H groups in total. The molecule has 0 unspecified atom stereocenters. The first kappa shape index (κ1) is 13.5. The fourth-order valence-electron chi connectivity index (χ4n) is 2.22. The van der Waals surface area contributed by atoms with Crippen LogP contribution in [0.5, 0.6) is 0 Å². The Bertz CT molecular complexity index is 447. The van der Waals surface area contributed by atoms with Gasteiger partial charge in [0.25, 0.3) is 0 Å². The maximum absolute atomic E-state index is 11.9. The number of methoxy groups -OCH3 is 1. The monoisotopic (exact) mass is 262 g/mol. The lowest BCUT2D eigenvalue weighted by molar-refractivity contribution is -0.125. The van der Waals surface area contributed by atoms with Crippen molar-refractivity contribution in [2.75, 3.05) is 31.7 Å². The molecule has 0 aromatic heterocycles. The molecule has 0 saturated carbocycles. The van der Waals surface area contributed by atoms with E-state index in [9.17, 15) is 9.59 Å². The van der Waals surface area contributed by atoms with Gasteiger partial charge in [0, 0.05) is 38.2 Å². The number of nitrogens with one attached hydrogen (secondary N) is 1. The third-order valence-corrected chi connectivity index (χ3v) is 3.14. The van der Waals surface area contributed by atoms with Gasteiger partial charge in [-0.15, -0.1) is 0 Å². The van der Waals surface area contributed by atoms with Crippen LogP contribution in [0.3, 0.4) is 0 Å². The normalized spacial score (nSPS) is 18.7. The van der Waals surface area contributed by atoms with Crippen LogP contribution in [-0.2, 0) is 14.3 Å². The van der Waals surface area contributed by atoms with Crippen LogP contribution in [0.25, 0.3) is 0 Å². The Hall–Kier alpha value is -1.88. The maximum atomic E-state index is 11.9. The van der Waals surface area contributed by atoms with Crippen LogP contribution in [0.15, 0.2) is 30.3 Å². The SMILES string of the molecule is COCC(=O)NC[C@@H]1CC(=O)N(c2ccccc2)C1. The van der Waals surface area contributed by atoms with Gasteiger partial charge >= 0.3 is 0 Å². The van der Waals surface area contributed by atoms with Crippen LogP contribution in [0.1, 0.15) is 6.42 Å². The first-order valence-corrected chi connectivity index (χ1v) is 6.31. The zero-order valence-electron chi connectivity index (χ0n) is 11.0. The Labute approximate surface area is 112 Å². The molecule has 1 saturated heterocycles. The minimum absolute atomic E-state index is 0.0586.